The summed E-state index contributed by atoms with van der Waals surface area (Å²) in [7, 11) is 0. The van der Waals surface area contributed by atoms with Crippen LogP contribution in [0.1, 0.15) is 42.0 Å². The van der Waals surface area contributed by atoms with Gasteiger partial charge in [0.25, 0.3) is 0 Å². The monoisotopic (exact) mass is 334 g/mol. The Hall–Kier alpha value is -1.64. The topological polar surface area (TPSA) is 6.48 Å². The molecule has 0 spiro atoms. The minimum Gasteiger partial charge on any atom is -0.302 e. The molecule has 0 radical (unpaired) electrons. The average molecular weight is 335 g/mol. The predicted octanol–water partition coefficient (Wildman–Crippen LogP) is 4.31. The van der Waals surface area contributed by atoms with Gasteiger partial charge in [0.05, 0.1) is 0 Å². The fourth-order valence-electron chi connectivity index (χ4n) is 4.57. The normalized spacial score (nSPS) is 22.3. The zero-order chi connectivity index (χ0) is 16.9. The van der Waals surface area contributed by atoms with E-state index in [4.69, 9.17) is 0 Å². The molecule has 0 unspecified atom stereocenters. The van der Waals surface area contributed by atoms with Gasteiger partial charge in [-0.25, -0.2) is 0 Å². The SMILES string of the molecule is c1ccc(CCN2CCCN([C@@H]3CCCc4ccccc43)CC2)cc1. The molecule has 2 aliphatic rings. The van der Waals surface area contributed by atoms with E-state index in [2.05, 4.69) is 64.4 Å². The molecule has 132 valence electrons. The van der Waals surface area contributed by atoms with Gasteiger partial charge in [0.2, 0.25) is 0 Å². The van der Waals surface area contributed by atoms with E-state index in [9.17, 15) is 0 Å². The molecular formula is C23H30N2. The molecule has 1 saturated heterocycles. The number of rotatable bonds is 4. The maximum absolute atomic E-state index is 2.76. The molecule has 0 amide bonds. The van der Waals surface area contributed by atoms with E-state index in [1.54, 1.807) is 11.1 Å². The molecule has 2 heteroatoms. The number of nitrogens with zero attached hydrogens (tertiary/aromatic N) is 2. The summed E-state index contributed by atoms with van der Waals surface area (Å²) in [5.41, 5.74) is 4.65. The van der Waals surface area contributed by atoms with E-state index >= 15 is 0 Å². The van der Waals surface area contributed by atoms with Crippen LogP contribution in [0.4, 0.5) is 0 Å². The third-order valence-electron chi connectivity index (χ3n) is 5.96. The molecule has 1 aliphatic heterocycles. The van der Waals surface area contributed by atoms with Crippen molar-refractivity contribution in [2.75, 3.05) is 32.7 Å². The Balaban J connectivity index is 1.36. The second-order valence-corrected chi connectivity index (χ2v) is 7.57. The Morgan fingerprint density at radius 1 is 0.800 bits per heavy atom. The minimum absolute atomic E-state index is 0.652. The summed E-state index contributed by atoms with van der Waals surface area (Å²) in [6.45, 7) is 6.12. The number of hydrogen-bond donors (Lipinski definition) is 0. The van der Waals surface area contributed by atoms with Crippen molar-refractivity contribution in [3.63, 3.8) is 0 Å². The summed E-state index contributed by atoms with van der Waals surface area (Å²) in [5, 5.41) is 0. The zero-order valence-electron chi connectivity index (χ0n) is 15.2. The first-order valence-corrected chi connectivity index (χ1v) is 9.98. The zero-order valence-corrected chi connectivity index (χ0v) is 15.2. The smallest absolute Gasteiger partial charge is 0.0351 e. The van der Waals surface area contributed by atoms with Crippen molar-refractivity contribution in [3.05, 3.63) is 71.3 Å². The molecule has 2 aromatic carbocycles. The van der Waals surface area contributed by atoms with Crippen molar-refractivity contribution in [2.24, 2.45) is 0 Å². The van der Waals surface area contributed by atoms with E-state index < -0.39 is 0 Å². The van der Waals surface area contributed by atoms with Gasteiger partial charge in [0.15, 0.2) is 0 Å². The van der Waals surface area contributed by atoms with Gasteiger partial charge >= 0.3 is 0 Å². The van der Waals surface area contributed by atoms with Gasteiger partial charge in [-0.1, -0.05) is 54.6 Å². The second kappa shape index (κ2) is 8.16. The molecule has 2 nitrogen and oxygen atoms in total. The van der Waals surface area contributed by atoms with Crippen LogP contribution in [0.15, 0.2) is 54.6 Å². The fraction of sp³-hybridized carbons (Fsp3) is 0.478. The van der Waals surface area contributed by atoms with Gasteiger partial charge in [0.1, 0.15) is 0 Å². The molecular weight excluding hydrogens is 304 g/mol. The van der Waals surface area contributed by atoms with E-state index in [1.165, 1.54) is 70.4 Å². The number of hydrogen-bond acceptors (Lipinski definition) is 2. The lowest BCUT2D eigenvalue weighted by molar-refractivity contribution is 0.181. The van der Waals surface area contributed by atoms with Crippen molar-refractivity contribution < 1.29 is 0 Å². The molecule has 0 aromatic heterocycles. The van der Waals surface area contributed by atoms with Crippen LogP contribution < -0.4 is 0 Å². The van der Waals surface area contributed by atoms with Gasteiger partial charge in [-0.2, -0.15) is 0 Å². The van der Waals surface area contributed by atoms with Crippen LogP contribution in [0.2, 0.25) is 0 Å². The fourth-order valence-corrected chi connectivity index (χ4v) is 4.57. The quantitative estimate of drug-likeness (QED) is 0.822. The standard InChI is InChI=1S/C23H30N2/c1-2-8-20(9-3-1)14-17-24-15-7-16-25(19-18-24)23-13-6-11-21-10-4-5-12-22(21)23/h1-5,8-10,12,23H,6-7,11,13-19H2/t23-/m1/s1. The lowest BCUT2D eigenvalue weighted by atomic mass is 9.87. The summed E-state index contributed by atoms with van der Waals surface area (Å²) >= 11 is 0. The van der Waals surface area contributed by atoms with Crippen LogP contribution in [0.25, 0.3) is 0 Å². The highest BCUT2D eigenvalue weighted by atomic mass is 15.2. The summed E-state index contributed by atoms with van der Waals surface area (Å²) in [6.07, 6.45) is 6.42. The summed E-state index contributed by atoms with van der Waals surface area (Å²) in [5.74, 6) is 0. The summed E-state index contributed by atoms with van der Waals surface area (Å²) in [4.78, 5) is 5.43. The number of fused-ring (bicyclic) bond motifs is 1. The Kier molecular flexibility index (Phi) is 5.49. The van der Waals surface area contributed by atoms with Crippen molar-refractivity contribution in [3.8, 4) is 0 Å². The van der Waals surface area contributed by atoms with Crippen LogP contribution in [0.5, 0.6) is 0 Å². The van der Waals surface area contributed by atoms with Gasteiger partial charge in [-0.3, -0.25) is 4.90 Å². The Morgan fingerprint density at radius 3 is 2.56 bits per heavy atom. The highest BCUT2D eigenvalue weighted by molar-refractivity contribution is 5.32. The molecule has 1 heterocycles. The van der Waals surface area contributed by atoms with Crippen LogP contribution in [-0.2, 0) is 12.8 Å². The Morgan fingerprint density at radius 2 is 1.64 bits per heavy atom. The summed E-state index contributed by atoms with van der Waals surface area (Å²) in [6, 6.07) is 20.7. The predicted molar refractivity (Wildman–Crippen MR) is 105 cm³/mol. The highest BCUT2D eigenvalue weighted by Gasteiger charge is 2.27. The third kappa shape index (κ3) is 4.13. The first-order valence-electron chi connectivity index (χ1n) is 9.98. The van der Waals surface area contributed by atoms with Crippen LogP contribution in [0.3, 0.4) is 0 Å². The maximum Gasteiger partial charge on any atom is 0.0351 e. The first-order chi connectivity index (χ1) is 12.4. The molecule has 4 rings (SSSR count). The lowest BCUT2D eigenvalue weighted by Crippen LogP contribution is -2.35. The molecule has 0 N–H and O–H groups in total. The van der Waals surface area contributed by atoms with Crippen LogP contribution in [-0.4, -0.2) is 42.5 Å². The maximum atomic E-state index is 2.76. The first kappa shape index (κ1) is 16.8. The van der Waals surface area contributed by atoms with Gasteiger partial charge in [-0.15, -0.1) is 0 Å². The number of benzene rings is 2. The van der Waals surface area contributed by atoms with Crippen molar-refractivity contribution in [1.82, 2.24) is 9.80 Å². The molecule has 1 aliphatic carbocycles. The average Bonchev–Trinajstić information content (AvgIpc) is 2.92. The number of aryl methyl sites for hydroxylation is 1. The third-order valence-corrected chi connectivity index (χ3v) is 5.96. The van der Waals surface area contributed by atoms with Gasteiger partial charge in [0, 0.05) is 32.2 Å². The van der Waals surface area contributed by atoms with Crippen LogP contribution in [0, 0.1) is 0 Å². The van der Waals surface area contributed by atoms with E-state index in [0.29, 0.717) is 6.04 Å². The van der Waals surface area contributed by atoms with Crippen molar-refractivity contribution in [2.45, 2.75) is 38.1 Å². The molecule has 1 atom stereocenters. The minimum atomic E-state index is 0.652. The second-order valence-electron chi connectivity index (χ2n) is 7.57. The Bertz CT molecular complexity index is 667. The largest absolute Gasteiger partial charge is 0.302 e. The molecule has 2 aromatic rings. The van der Waals surface area contributed by atoms with Crippen LogP contribution >= 0.6 is 0 Å². The molecule has 0 saturated carbocycles. The van der Waals surface area contributed by atoms with E-state index in [-0.39, 0.29) is 0 Å². The van der Waals surface area contributed by atoms with E-state index in [1.807, 2.05) is 0 Å². The molecule has 25 heavy (non-hydrogen) atoms. The highest BCUT2D eigenvalue weighted by Crippen LogP contribution is 2.34. The van der Waals surface area contributed by atoms with Gasteiger partial charge in [-0.05, 0) is 55.3 Å². The lowest BCUT2D eigenvalue weighted by Gasteiger charge is -2.35. The Labute approximate surface area is 152 Å². The van der Waals surface area contributed by atoms with E-state index in [0.717, 1.165) is 0 Å². The van der Waals surface area contributed by atoms with Crippen molar-refractivity contribution >= 4 is 0 Å². The molecule has 0 bridgehead atoms. The molecule has 1 fully saturated rings. The summed E-state index contributed by atoms with van der Waals surface area (Å²) < 4.78 is 0. The van der Waals surface area contributed by atoms with Gasteiger partial charge < -0.3 is 4.90 Å². The van der Waals surface area contributed by atoms with Crippen molar-refractivity contribution in [1.29, 1.82) is 0 Å².